The van der Waals surface area contributed by atoms with E-state index < -0.39 is 35.5 Å². The van der Waals surface area contributed by atoms with Gasteiger partial charge in [0, 0.05) is 5.54 Å². The quantitative estimate of drug-likeness (QED) is 0.823. The molecule has 0 radical (unpaired) electrons. The zero-order chi connectivity index (χ0) is 20.3. The lowest BCUT2D eigenvalue weighted by molar-refractivity contribution is -0.157. The fourth-order valence-corrected chi connectivity index (χ4v) is 3.76. The number of hydrogen-bond donors (Lipinski definition) is 1. The van der Waals surface area contributed by atoms with Crippen LogP contribution in [0.3, 0.4) is 0 Å². The first-order valence-electron chi connectivity index (χ1n) is 9.37. The van der Waals surface area contributed by atoms with Gasteiger partial charge < -0.3 is 19.2 Å². The van der Waals surface area contributed by atoms with Gasteiger partial charge in [-0.25, -0.2) is 4.79 Å². The summed E-state index contributed by atoms with van der Waals surface area (Å²) in [5.74, 6) is 0. The molecule has 6 nitrogen and oxygen atoms in total. The molecule has 0 spiro atoms. The largest absolute Gasteiger partial charge is 0.494 e. The molecular weight excluding hydrogens is 345 g/mol. The Balaban J connectivity index is 1.90. The summed E-state index contributed by atoms with van der Waals surface area (Å²) in [6, 6.07) is 7.84. The van der Waals surface area contributed by atoms with Crippen molar-refractivity contribution in [1.29, 1.82) is 0 Å². The number of rotatable bonds is 3. The van der Waals surface area contributed by atoms with Crippen LogP contribution in [0.1, 0.15) is 54.0 Å². The molecule has 0 atom stereocenters. The Kier molecular flexibility index (Phi) is 4.65. The van der Waals surface area contributed by atoms with Crippen molar-refractivity contribution in [3.8, 4) is 0 Å². The third-order valence-corrected chi connectivity index (χ3v) is 5.95. The molecule has 1 aromatic carbocycles. The van der Waals surface area contributed by atoms with E-state index in [4.69, 9.17) is 14.0 Å². The highest BCUT2D eigenvalue weighted by molar-refractivity contribution is 6.62. The Morgan fingerprint density at radius 2 is 1.52 bits per heavy atom. The molecule has 1 aromatic rings. The van der Waals surface area contributed by atoms with Crippen LogP contribution in [0.25, 0.3) is 0 Å². The molecule has 0 unspecified atom stereocenters. The first kappa shape index (κ1) is 20.2. The second-order valence-corrected chi connectivity index (χ2v) is 9.52. The summed E-state index contributed by atoms with van der Waals surface area (Å²) < 4.78 is 17.7. The molecule has 2 fully saturated rings. The fourth-order valence-electron chi connectivity index (χ4n) is 3.76. The molecule has 0 bridgehead atoms. The number of ether oxygens (including phenoxy) is 1. The van der Waals surface area contributed by atoms with Crippen molar-refractivity contribution in [2.45, 2.75) is 70.7 Å². The van der Waals surface area contributed by atoms with E-state index in [1.54, 1.807) is 0 Å². The van der Waals surface area contributed by atoms with E-state index in [0.717, 1.165) is 11.0 Å². The van der Waals surface area contributed by atoms with Crippen LogP contribution >= 0.6 is 0 Å². The fraction of sp³-hybridized carbons (Fsp3) is 0.650. The number of amides is 1. The van der Waals surface area contributed by atoms with Crippen LogP contribution in [0.5, 0.6) is 0 Å². The average molecular weight is 375 g/mol. The van der Waals surface area contributed by atoms with Crippen LogP contribution in [-0.4, -0.2) is 53.2 Å². The van der Waals surface area contributed by atoms with Gasteiger partial charge in [-0.2, -0.15) is 0 Å². The van der Waals surface area contributed by atoms with Gasteiger partial charge in [-0.1, -0.05) is 24.3 Å². The van der Waals surface area contributed by atoms with Gasteiger partial charge in [-0.05, 0) is 59.5 Å². The predicted octanol–water partition coefficient (Wildman–Crippen LogP) is 2.99. The highest BCUT2D eigenvalue weighted by Crippen LogP contribution is 2.41. The number of nitrogens with zero attached hydrogens (tertiary/aromatic N) is 1. The van der Waals surface area contributed by atoms with E-state index in [9.17, 15) is 9.90 Å². The van der Waals surface area contributed by atoms with Crippen molar-refractivity contribution in [3.05, 3.63) is 29.8 Å². The van der Waals surface area contributed by atoms with E-state index in [-0.39, 0.29) is 0 Å². The van der Waals surface area contributed by atoms with E-state index in [0.29, 0.717) is 13.2 Å². The molecule has 1 N–H and O–H groups in total. The molecular formula is C20H30BNO5. The molecule has 2 aliphatic rings. The lowest BCUT2D eigenvalue weighted by Crippen LogP contribution is -2.66. The summed E-state index contributed by atoms with van der Waals surface area (Å²) in [5.41, 5.74) is -0.160. The molecule has 0 aliphatic carbocycles. The third kappa shape index (κ3) is 3.26. The normalized spacial score (nSPS) is 23.0. The van der Waals surface area contributed by atoms with Gasteiger partial charge >= 0.3 is 13.2 Å². The minimum Gasteiger partial charge on any atom is -0.465 e. The minimum atomic E-state index is -0.944. The summed E-state index contributed by atoms with van der Waals surface area (Å²) in [4.78, 5) is 13.5. The first-order chi connectivity index (χ1) is 12.3. The first-order valence-corrected chi connectivity index (χ1v) is 9.37. The maximum absolute atomic E-state index is 12.0. The summed E-state index contributed by atoms with van der Waals surface area (Å²) in [6.07, 6.45) is -0.944. The maximum Gasteiger partial charge on any atom is 0.494 e. The van der Waals surface area contributed by atoms with Crippen LogP contribution in [0.4, 0.5) is 4.79 Å². The van der Waals surface area contributed by atoms with Crippen LogP contribution in [-0.2, 0) is 19.6 Å². The Morgan fingerprint density at radius 3 is 1.85 bits per heavy atom. The molecule has 2 saturated heterocycles. The van der Waals surface area contributed by atoms with Gasteiger partial charge in [0.1, 0.15) is 5.54 Å². The zero-order valence-corrected chi connectivity index (χ0v) is 17.3. The molecule has 2 heterocycles. The van der Waals surface area contributed by atoms with Gasteiger partial charge in [0.15, 0.2) is 0 Å². The van der Waals surface area contributed by atoms with Gasteiger partial charge in [-0.3, -0.25) is 4.90 Å². The van der Waals surface area contributed by atoms with Crippen molar-refractivity contribution < 1.29 is 23.9 Å². The number of carbonyl (C=O) groups is 1. The lowest BCUT2D eigenvalue weighted by Gasteiger charge is -2.53. The Bertz CT molecular complexity index is 703. The van der Waals surface area contributed by atoms with Gasteiger partial charge in [-0.15, -0.1) is 0 Å². The molecule has 3 rings (SSSR count). The Morgan fingerprint density at radius 1 is 1.04 bits per heavy atom. The van der Waals surface area contributed by atoms with Crippen LogP contribution in [0.2, 0.25) is 0 Å². The Labute approximate surface area is 161 Å². The van der Waals surface area contributed by atoms with Crippen molar-refractivity contribution in [2.75, 3.05) is 13.2 Å². The van der Waals surface area contributed by atoms with Crippen LogP contribution in [0.15, 0.2) is 24.3 Å². The van der Waals surface area contributed by atoms with Gasteiger partial charge in [0.05, 0.1) is 24.4 Å². The molecule has 148 valence electrons. The summed E-state index contributed by atoms with van der Waals surface area (Å²) >= 11 is 0. The topological polar surface area (TPSA) is 68.2 Å². The second kappa shape index (κ2) is 6.22. The standard InChI is InChI=1S/C20H30BNO5/c1-17(2,3)22(16(23)24)20(12-25-13-20)14-8-10-15(11-9-14)21-26-18(4,5)19(6,7)27-21/h8-11H,12-13H2,1-7H3,(H,23,24). The van der Waals surface area contributed by atoms with Crippen molar-refractivity contribution in [1.82, 2.24) is 4.90 Å². The van der Waals surface area contributed by atoms with Crippen molar-refractivity contribution >= 4 is 18.7 Å². The molecule has 27 heavy (non-hydrogen) atoms. The molecule has 2 aliphatic heterocycles. The second-order valence-electron chi connectivity index (χ2n) is 9.52. The summed E-state index contributed by atoms with van der Waals surface area (Å²) in [7, 11) is -0.434. The third-order valence-electron chi connectivity index (χ3n) is 5.95. The summed E-state index contributed by atoms with van der Waals surface area (Å²) in [5, 5.41) is 9.84. The number of carboxylic acid groups (broad SMARTS) is 1. The van der Waals surface area contributed by atoms with Gasteiger partial charge in [0.25, 0.3) is 0 Å². The van der Waals surface area contributed by atoms with Crippen molar-refractivity contribution in [2.24, 2.45) is 0 Å². The molecule has 1 amide bonds. The van der Waals surface area contributed by atoms with E-state index in [2.05, 4.69) is 0 Å². The molecule has 0 aromatic heterocycles. The van der Waals surface area contributed by atoms with Crippen LogP contribution < -0.4 is 5.46 Å². The molecule has 7 heteroatoms. The van der Waals surface area contributed by atoms with Crippen LogP contribution in [0, 0.1) is 0 Å². The highest BCUT2D eigenvalue weighted by Gasteiger charge is 2.53. The zero-order valence-electron chi connectivity index (χ0n) is 17.3. The monoisotopic (exact) mass is 375 g/mol. The maximum atomic E-state index is 12.0. The van der Waals surface area contributed by atoms with Crippen molar-refractivity contribution in [3.63, 3.8) is 0 Å². The van der Waals surface area contributed by atoms with E-state index >= 15 is 0 Å². The molecule has 0 saturated carbocycles. The smallest absolute Gasteiger partial charge is 0.465 e. The number of hydrogen-bond acceptors (Lipinski definition) is 4. The minimum absolute atomic E-state index is 0.354. The number of benzene rings is 1. The van der Waals surface area contributed by atoms with E-state index in [1.165, 1.54) is 4.90 Å². The van der Waals surface area contributed by atoms with Gasteiger partial charge in [0.2, 0.25) is 0 Å². The summed E-state index contributed by atoms with van der Waals surface area (Å²) in [6.45, 7) is 14.5. The Hall–Kier alpha value is -1.57. The predicted molar refractivity (Wildman–Crippen MR) is 104 cm³/mol. The SMILES string of the molecule is CC(C)(C)N(C(=O)O)C1(c2ccc(B3OC(C)(C)C(C)(C)O3)cc2)COC1. The van der Waals surface area contributed by atoms with E-state index in [1.807, 2.05) is 72.7 Å². The average Bonchev–Trinajstić information content (AvgIpc) is 2.69. The lowest BCUT2D eigenvalue weighted by atomic mass is 9.76. The highest BCUT2D eigenvalue weighted by atomic mass is 16.7.